The van der Waals surface area contributed by atoms with Crippen LogP contribution in [0.3, 0.4) is 0 Å². The fourth-order valence-corrected chi connectivity index (χ4v) is 3.72. The van der Waals surface area contributed by atoms with Crippen molar-refractivity contribution in [2.75, 3.05) is 13.1 Å². The number of nitrogens with zero attached hydrogens (tertiary/aromatic N) is 1. The van der Waals surface area contributed by atoms with Crippen molar-refractivity contribution >= 4 is 12.0 Å². The van der Waals surface area contributed by atoms with Gasteiger partial charge < -0.3 is 15.0 Å². The third-order valence-corrected chi connectivity index (χ3v) is 5.02. The van der Waals surface area contributed by atoms with Crippen molar-refractivity contribution in [1.82, 2.24) is 10.2 Å². The number of hydrogen-bond donors (Lipinski definition) is 1. The van der Waals surface area contributed by atoms with Gasteiger partial charge in [0.05, 0.1) is 0 Å². The lowest BCUT2D eigenvalue weighted by molar-refractivity contribution is -0.133. The van der Waals surface area contributed by atoms with Crippen LogP contribution in [0.15, 0.2) is 18.2 Å². The van der Waals surface area contributed by atoms with Gasteiger partial charge in [0.1, 0.15) is 17.2 Å². The van der Waals surface area contributed by atoms with Crippen molar-refractivity contribution in [1.29, 1.82) is 0 Å². The first-order valence-electron chi connectivity index (χ1n) is 9.38. The number of amides is 2. The zero-order chi connectivity index (χ0) is 19.8. The molecular weight excluding hydrogens is 354 g/mol. The molecule has 5 nitrogen and oxygen atoms in total. The van der Waals surface area contributed by atoms with Crippen molar-refractivity contribution in [2.24, 2.45) is 5.92 Å². The minimum Gasteiger partial charge on any atom is -0.444 e. The molecule has 3 rings (SSSR count). The second-order valence-corrected chi connectivity index (χ2v) is 8.29. The van der Waals surface area contributed by atoms with E-state index in [1.165, 1.54) is 18.2 Å². The Hall–Kier alpha value is -2.18. The fourth-order valence-electron chi connectivity index (χ4n) is 3.72. The molecule has 1 aliphatic heterocycles. The summed E-state index contributed by atoms with van der Waals surface area (Å²) in [5.41, 5.74) is -0.571. The summed E-state index contributed by atoms with van der Waals surface area (Å²) >= 11 is 0. The fraction of sp³-hybridized carbons (Fsp3) is 0.600. The highest BCUT2D eigenvalue weighted by Crippen LogP contribution is 2.50. The van der Waals surface area contributed by atoms with E-state index in [1.807, 2.05) is 0 Å². The van der Waals surface area contributed by atoms with Crippen molar-refractivity contribution < 1.29 is 23.1 Å². The van der Waals surface area contributed by atoms with Crippen LogP contribution in [0.2, 0.25) is 0 Å². The minimum atomic E-state index is -0.597. The van der Waals surface area contributed by atoms with Crippen LogP contribution in [0, 0.1) is 17.6 Å². The van der Waals surface area contributed by atoms with Gasteiger partial charge in [-0.3, -0.25) is 4.79 Å². The van der Waals surface area contributed by atoms with E-state index in [0.29, 0.717) is 19.5 Å². The molecule has 1 aromatic carbocycles. The highest BCUT2D eigenvalue weighted by atomic mass is 19.1. The second kappa shape index (κ2) is 7.44. The Kier molecular flexibility index (Phi) is 5.40. The third-order valence-electron chi connectivity index (χ3n) is 5.02. The number of likely N-dealkylation sites (tertiary alicyclic amines) is 1. The molecule has 0 spiro atoms. The maximum Gasteiger partial charge on any atom is 0.407 e. The predicted molar refractivity (Wildman–Crippen MR) is 96.2 cm³/mol. The van der Waals surface area contributed by atoms with Crippen LogP contribution < -0.4 is 5.32 Å². The van der Waals surface area contributed by atoms with Crippen LogP contribution in [0.4, 0.5) is 13.6 Å². The average Bonchev–Trinajstić information content (AvgIpc) is 3.18. The Morgan fingerprint density at radius 3 is 2.56 bits per heavy atom. The number of benzene rings is 1. The van der Waals surface area contributed by atoms with E-state index in [4.69, 9.17) is 4.74 Å². The first-order valence-corrected chi connectivity index (χ1v) is 9.38. The number of nitrogens with one attached hydrogen (secondary N) is 1. The average molecular weight is 380 g/mol. The highest BCUT2D eigenvalue weighted by molar-refractivity contribution is 5.83. The van der Waals surface area contributed by atoms with Gasteiger partial charge in [-0.15, -0.1) is 0 Å². The van der Waals surface area contributed by atoms with E-state index in [2.05, 4.69) is 5.32 Å². The molecule has 1 saturated carbocycles. The topological polar surface area (TPSA) is 58.6 Å². The largest absolute Gasteiger partial charge is 0.444 e. The zero-order valence-corrected chi connectivity index (χ0v) is 15.9. The van der Waals surface area contributed by atoms with Gasteiger partial charge in [-0.25, -0.2) is 13.6 Å². The van der Waals surface area contributed by atoms with E-state index in [-0.39, 0.29) is 17.5 Å². The van der Waals surface area contributed by atoms with Crippen molar-refractivity contribution in [3.63, 3.8) is 0 Å². The summed E-state index contributed by atoms with van der Waals surface area (Å²) in [6, 6.07) is 3.66. The Balaban J connectivity index is 1.58. The first kappa shape index (κ1) is 19.6. The first-order chi connectivity index (χ1) is 12.7. The maximum atomic E-state index is 14.0. The summed E-state index contributed by atoms with van der Waals surface area (Å²) in [6.45, 7) is 6.27. The lowest BCUT2D eigenvalue weighted by atomic mass is 10.1. The molecule has 2 aliphatic rings. The molecule has 2 fully saturated rings. The smallest absolute Gasteiger partial charge is 0.407 e. The van der Waals surface area contributed by atoms with Crippen LogP contribution in [0.5, 0.6) is 0 Å². The zero-order valence-electron chi connectivity index (χ0n) is 15.9. The molecule has 1 aromatic rings. The summed E-state index contributed by atoms with van der Waals surface area (Å²) in [4.78, 5) is 26.4. The summed E-state index contributed by atoms with van der Waals surface area (Å²) in [6.07, 6.45) is 1.57. The molecule has 1 heterocycles. The Morgan fingerprint density at radius 1 is 1.26 bits per heavy atom. The molecule has 0 aromatic heterocycles. The number of halogens is 2. The molecule has 148 valence electrons. The Morgan fingerprint density at radius 2 is 1.93 bits per heavy atom. The number of alkyl carbamates (subject to hydrolysis) is 1. The summed E-state index contributed by atoms with van der Waals surface area (Å²) in [5, 5.41) is 2.71. The summed E-state index contributed by atoms with van der Waals surface area (Å²) in [7, 11) is 0. The summed E-state index contributed by atoms with van der Waals surface area (Å²) < 4.78 is 33.1. The molecule has 2 amide bonds. The van der Waals surface area contributed by atoms with Gasteiger partial charge in [0.25, 0.3) is 0 Å². The lowest BCUT2D eigenvalue weighted by Gasteiger charge is -2.26. The van der Waals surface area contributed by atoms with Gasteiger partial charge in [-0.05, 0) is 52.2 Å². The van der Waals surface area contributed by atoms with E-state index in [9.17, 15) is 18.4 Å². The van der Waals surface area contributed by atoms with Gasteiger partial charge in [0.2, 0.25) is 5.91 Å². The molecule has 1 saturated heterocycles. The molecule has 27 heavy (non-hydrogen) atoms. The van der Waals surface area contributed by atoms with Gasteiger partial charge in [-0.2, -0.15) is 0 Å². The van der Waals surface area contributed by atoms with E-state index < -0.39 is 35.2 Å². The molecule has 1 aliphatic carbocycles. The van der Waals surface area contributed by atoms with Crippen LogP contribution in [0.25, 0.3) is 0 Å². The molecule has 0 bridgehead atoms. The van der Waals surface area contributed by atoms with E-state index in [1.54, 1.807) is 25.7 Å². The number of carbonyl (C=O) groups is 2. The van der Waals surface area contributed by atoms with Gasteiger partial charge in [0.15, 0.2) is 0 Å². The van der Waals surface area contributed by atoms with Crippen molar-refractivity contribution in [3.8, 4) is 0 Å². The number of hydrogen-bond acceptors (Lipinski definition) is 3. The van der Waals surface area contributed by atoms with Crippen LogP contribution in [-0.2, 0) is 9.53 Å². The SMILES string of the molecule is CC(C)(C)OC(=O)NC[C@@H]1CCCN1C(=O)[C@H]1C[C@H]1c1c(F)cccc1F. The van der Waals surface area contributed by atoms with Gasteiger partial charge in [0, 0.05) is 36.5 Å². The maximum absolute atomic E-state index is 14.0. The quantitative estimate of drug-likeness (QED) is 0.869. The Labute approximate surface area is 158 Å². The number of carbonyl (C=O) groups excluding carboxylic acids is 2. The lowest BCUT2D eigenvalue weighted by Crippen LogP contribution is -2.45. The van der Waals surface area contributed by atoms with Gasteiger partial charge >= 0.3 is 6.09 Å². The molecule has 3 atom stereocenters. The standard InChI is InChI=1S/C20H26F2N2O3/c1-20(2,3)27-19(26)23-11-12-6-5-9-24(12)18(25)14-10-13(14)17-15(21)7-4-8-16(17)22/h4,7-8,12-14H,5-6,9-11H2,1-3H3,(H,23,26)/t12-,13+,14-/m0/s1. The highest BCUT2D eigenvalue weighted by Gasteiger charge is 2.49. The van der Waals surface area contributed by atoms with Crippen molar-refractivity contribution in [2.45, 2.75) is 57.6 Å². The monoisotopic (exact) mass is 380 g/mol. The second-order valence-electron chi connectivity index (χ2n) is 8.29. The predicted octanol–water partition coefficient (Wildman–Crippen LogP) is 3.58. The molecular formula is C20H26F2N2O3. The third kappa shape index (κ3) is 4.57. The van der Waals surface area contributed by atoms with Gasteiger partial charge in [-0.1, -0.05) is 6.07 Å². The normalized spacial score (nSPS) is 24.6. The van der Waals surface area contributed by atoms with Crippen LogP contribution in [-0.4, -0.2) is 41.6 Å². The summed E-state index contributed by atoms with van der Waals surface area (Å²) in [5.74, 6) is -2.08. The minimum absolute atomic E-state index is 0.0125. The van der Waals surface area contributed by atoms with Crippen LogP contribution in [0.1, 0.15) is 51.5 Å². The molecule has 0 radical (unpaired) electrons. The molecule has 7 heteroatoms. The molecule has 0 unspecified atom stereocenters. The number of rotatable bonds is 4. The molecule has 1 N–H and O–H groups in total. The van der Waals surface area contributed by atoms with E-state index in [0.717, 1.165) is 12.8 Å². The van der Waals surface area contributed by atoms with E-state index >= 15 is 0 Å². The Bertz CT molecular complexity index is 712. The number of ether oxygens (including phenoxy) is 1. The van der Waals surface area contributed by atoms with Crippen LogP contribution >= 0.6 is 0 Å². The van der Waals surface area contributed by atoms with Crippen molar-refractivity contribution in [3.05, 3.63) is 35.4 Å².